The average Bonchev–Trinajstić information content (AvgIpc) is 2.14. The monoisotopic (exact) mass is 139 g/mol. The van der Waals surface area contributed by atoms with E-state index in [-0.39, 0.29) is 5.83 Å². The van der Waals surface area contributed by atoms with Gasteiger partial charge in [0.15, 0.2) is 0 Å². The number of nitrogens with two attached hydrogens (primary N) is 1. The highest BCUT2D eigenvalue weighted by molar-refractivity contribution is 5.29. The van der Waals surface area contributed by atoms with Crippen LogP contribution in [0, 0.1) is 0 Å². The maximum Gasteiger partial charge on any atom is 0.119 e. The molecule has 10 heavy (non-hydrogen) atoms. The average molecular weight is 139 g/mol. The molecule has 0 saturated heterocycles. The Bertz CT molecular complexity index is 201. The Morgan fingerprint density at radius 3 is 2.90 bits per heavy atom. The zero-order valence-electron chi connectivity index (χ0n) is 5.68. The van der Waals surface area contributed by atoms with Crippen molar-refractivity contribution in [2.24, 2.45) is 5.73 Å². The Morgan fingerprint density at radius 1 is 1.40 bits per heavy atom. The Hall–Kier alpha value is -0.890. The second-order valence-electron chi connectivity index (χ2n) is 2.14. The fraction of sp³-hybridized carbons (Fsp3) is 0.250. The largest absolute Gasteiger partial charge is 0.327 e. The topological polar surface area (TPSA) is 26.0 Å². The van der Waals surface area contributed by atoms with Crippen molar-refractivity contribution in [3.8, 4) is 0 Å². The summed E-state index contributed by atoms with van der Waals surface area (Å²) in [6.45, 7) is 0.484. The van der Waals surface area contributed by atoms with E-state index in [1.807, 2.05) is 6.08 Å². The van der Waals surface area contributed by atoms with E-state index in [1.165, 1.54) is 12.2 Å². The van der Waals surface area contributed by atoms with Gasteiger partial charge in [-0.1, -0.05) is 12.2 Å². The normalized spacial score (nSPS) is 17.8. The quantitative estimate of drug-likeness (QED) is 0.587. The van der Waals surface area contributed by atoms with E-state index in [4.69, 9.17) is 5.73 Å². The molecule has 0 aromatic carbocycles. The maximum atomic E-state index is 12.5. The van der Waals surface area contributed by atoms with Crippen molar-refractivity contribution in [2.45, 2.75) is 6.42 Å². The van der Waals surface area contributed by atoms with Gasteiger partial charge in [0.1, 0.15) is 5.83 Å². The molecule has 0 radical (unpaired) electrons. The van der Waals surface area contributed by atoms with Crippen LogP contribution in [-0.4, -0.2) is 6.54 Å². The molecule has 1 aliphatic rings. The summed E-state index contributed by atoms with van der Waals surface area (Å²) in [5.41, 5.74) is 6.34. The molecule has 0 spiro atoms. The first-order valence-electron chi connectivity index (χ1n) is 3.26. The molecule has 2 N–H and O–H groups in total. The van der Waals surface area contributed by atoms with Gasteiger partial charge in [0, 0.05) is 6.54 Å². The molecule has 0 saturated carbocycles. The molecular formula is C8H10FN. The van der Waals surface area contributed by atoms with Gasteiger partial charge in [-0.2, -0.15) is 0 Å². The van der Waals surface area contributed by atoms with E-state index in [2.05, 4.69) is 0 Å². The van der Waals surface area contributed by atoms with Crippen molar-refractivity contribution in [2.75, 3.05) is 6.54 Å². The molecule has 1 aliphatic carbocycles. The van der Waals surface area contributed by atoms with E-state index >= 15 is 0 Å². The molecule has 0 heterocycles. The van der Waals surface area contributed by atoms with Crippen LogP contribution in [0.25, 0.3) is 0 Å². The molecule has 0 unspecified atom stereocenters. The van der Waals surface area contributed by atoms with Gasteiger partial charge in [-0.25, -0.2) is 4.39 Å². The minimum Gasteiger partial charge on any atom is -0.327 e. The van der Waals surface area contributed by atoms with Crippen molar-refractivity contribution >= 4 is 0 Å². The Kier molecular flexibility index (Phi) is 2.40. The molecule has 0 aromatic heterocycles. The fourth-order valence-electron chi connectivity index (χ4n) is 0.797. The first-order chi connectivity index (χ1) is 4.83. The van der Waals surface area contributed by atoms with Crippen molar-refractivity contribution in [1.29, 1.82) is 0 Å². The third-order valence-corrected chi connectivity index (χ3v) is 1.39. The van der Waals surface area contributed by atoms with Gasteiger partial charge in [0.25, 0.3) is 0 Å². The summed E-state index contributed by atoms with van der Waals surface area (Å²) in [6.07, 6.45) is 7.23. The minimum atomic E-state index is -0.181. The lowest BCUT2D eigenvalue weighted by atomic mass is 10.2. The third kappa shape index (κ3) is 1.81. The van der Waals surface area contributed by atoms with Crippen LogP contribution < -0.4 is 5.73 Å². The van der Waals surface area contributed by atoms with Crippen LogP contribution >= 0.6 is 0 Å². The van der Waals surface area contributed by atoms with E-state index in [1.54, 1.807) is 6.08 Å². The molecule has 0 aromatic rings. The van der Waals surface area contributed by atoms with Crippen molar-refractivity contribution in [3.63, 3.8) is 0 Å². The molecule has 0 amide bonds. The Morgan fingerprint density at radius 2 is 2.20 bits per heavy atom. The van der Waals surface area contributed by atoms with Crippen LogP contribution in [0.1, 0.15) is 6.42 Å². The predicted octanol–water partition coefficient (Wildman–Crippen LogP) is 1.68. The lowest BCUT2D eigenvalue weighted by molar-refractivity contribution is 0.663. The first kappa shape index (κ1) is 7.22. The molecule has 1 nitrogen and oxygen atoms in total. The second kappa shape index (κ2) is 3.32. The van der Waals surface area contributed by atoms with Crippen LogP contribution in [0.15, 0.2) is 35.7 Å². The molecule has 0 bridgehead atoms. The van der Waals surface area contributed by atoms with Gasteiger partial charge in [-0.3, -0.25) is 0 Å². The molecule has 0 fully saturated rings. The van der Waals surface area contributed by atoms with Crippen molar-refractivity contribution in [1.82, 2.24) is 0 Å². The van der Waals surface area contributed by atoms with Crippen LogP contribution in [0.2, 0.25) is 0 Å². The Labute approximate surface area is 59.7 Å². The van der Waals surface area contributed by atoms with E-state index in [9.17, 15) is 4.39 Å². The number of hydrogen-bond acceptors (Lipinski definition) is 1. The van der Waals surface area contributed by atoms with Crippen LogP contribution in [0.4, 0.5) is 4.39 Å². The molecule has 54 valence electrons. The molecule has 0 aliphatic heterocycles. The lowest BCUT2D eigenvalue weighted by Gasteiger charge is -1.91. The van der Waals surface area contributed by atoms with Gasteiger partial charge in [0.2, 0.25) is 0 Å². The third-order valence-electron chi connectivity index (χ3n) is 1.39. The predicted molar refractivity (Wildman–Crippen MR) is 40.1 cm³/mol. The second-order valence-corrected chi connectivity index (χ2v) is 2.14. The van der Waals surface area contributed by atoms with Crippen LogP contribution in [-0.2, 0) is 0 Å². The standard InChI is InChI=1S/C8H10FN/c9-8-3-1-2-7(6-10)4-5-8/h2-5H,1,6,10H2. The Balaban J connectivity index is 2.69. The van der Waals surface area contributed by atoms with Crippen LogP contribution in [0.5, 0.6) is 0 Å². The van der Waals surface area contributed by atoms with Crippen molar-refractivity contribution < 1.29 is 4.39 Å². The highest BCUT2D eigenvalue weighted by Crippen LogP contribution is 2.09. The maximum absolute atomic E-state index is 12.5. The summed E-state index contributed by atoms with van der Waals surface area (Å²) in [5, 5.41) is 0. The molecule has 0 atom stereocenters. The van der Waals surface area contributed by atoms with E-state index < -0.39 is 0 Å². The highest BCUT2D eigenvalue weighted by Gasteiger charge is 1.94. The fourth-order valence-corrected chi connectivity index (χ4v) is 0.797. The smallest absolute Gasteiger partial charge is 0.119 e. The van der Waals surface area contributed by atoms with Gasteiger partial charge in [0.05, 0.1) is 0 Å². The summed E-state index contributed by atoms with van der Waals surface area (Å²) < 4.78 is 12.5. The molecule has 2 heteroatoms. The number of halogens is 1. The summed E-state index contributed by atoms with van der Waals surface area (Å²) in [5.74, 6) is -0.181. The van der Waals surface area contributed by atoms with E-state index in [0.717, 1.165) is 5.57 Å². The zero-order chi connectivity index (χ0) is 7.40. The van der Waals surface area contributed by atoms with E-state index in [0.29, 0.717) is 13.0 Å². The molecule has 1 rings (SSSR count). The van der Waals surface area contributed by atoms with Gasteiger partial charge >= 0.3 is 0 Å². The van der Waals surface area contributed by atoms with Gasteiger partial charge in [-0.15, -0.1) is 0 Å². The summed E-state index contributed by atoms with van der Waals surface area (Å²) in [7, 11) is 0. The van der Waals surface area contributed by atoms with Gasteiger partial charge < -0.3 is 5.73 Å². The number of hydrogen-bond donors (Lipinski definition) is 1. The van der Waals surface area contributed by atoms with Gasteiger partial charge in [-0.05, 0) is 24.1 Å². The van der Waals surface area contributed by atoms with Crippen molar-refractivity contribution in [3.05, 3.63) is 35.7 Å². The SMILES string of the molecule is NCC1=CCC=C(F)C=C1. The lowest BCUT2D eigenvalue weighted by Crippen LogP contribution is -2.00. The minimum absolute atomic E-state index is 0.181. The summed E-state index contributed by atoms with van der Waals surface area (Å²) >= 11 is 0. The zero-order valence-corrected chi connectivity index (χ0v) is 5.68. The van der Waals surface area contributed by atoms with Crippen LogP contribution in [0.3, 0.4) is 0 Å². The summed E-state index contributed by atoms with van der Waals surface area (Å²) in [6, 6.07) is 0. The number of rotatable bonds is 1. The number of allylic oxidation sites excluding steroid dienone is 4. The summed E-state index contributed by atoms with van der Waals surface area (Å²) in [4.78, 5) is 0. The highest BCUT2D eigenvalue weighted by atomic mass is 19.1. The first-order valence-corrected chi connectivity index (χ1v) is 3.26. The molecular weight excluding hydrogens is 129 g/mol.